The molecule has 1 aromatic carbocycles. The molecule has 2 fully saturated rings. The lowest BCUT2D eigenvalue weighted by Gasteiger charge is -2.58. The highest BCUT2D eigenvalue weighted by Gasteiger charge is 2.52. The van der Waals surface area contributed by atoms with Crippen LogP contribution in [-0.2, 0) is 17.4 Å². The quantitative estimate of drug-likeness (QED) is 0.799. The molecular weight excluding hydrogens is 295 g/mol. The van der Waals surface area contributed by atoms with E-state index in [2.05, 4.69) is 0 Å². The summed E-state index contributed by atoms with van der Waals surface area (Å²) in [6.45, 7) is 1.50. The van der Waals surface area contributed by atoms with E-state index in [4.69, 9.17) is 4.74 Å². The average Bonchev–Trinajstić information content (AvgIpc) is 2.39. The number of likely N-dealkylation sites (tertiary alicyclic amines) is 1. The van der Waals surface area contributed by atoms with E-state index in [1.165, 1.54) is 13.2 Å². The van der Waals surface area contributed by atoms with E-state index in [1.807, 2.05) is 0 Å². The molecule has 1 aromatic rings. The number of alkyl halides is 3. The molecule has 0 unspecified atom stereocenters. The summed E-state index contributed by atoms with van der Waals surface area (Å²) in [6.07, 6.45) is -1.29. The van der Waals surface area contributed by atoms with Crippen molar-refractivity contribution in [2.24, 2.45) is 11.3 Å². The first-order valence-electron chi connectivity index (χ1n) is 7.29. The SMILES string of the molecule is COc1ccc(CC2CC3(C2)CN(C=O)C3)c(C(F)(F)F)c1. The smallest absolute Gasteiger partial charge is 0.416 e. The van der Waals surface area contributed by atoms with Crippen LogP contribution in [0.2, 0.25) is 0 Å². The van der Waals surface area contributed by atoms with Gasteiger partial charge in [-0.2, -0.15) is 13.2 Å². The highest BCUT2D eigenvalue weighted by Crippen LogP contribution is 2.53. The molecule has 3 rings (SSSR count). The Kier molecular flexibility index (Phi) is 3.57. The molecule has 0 aromatic heterocycles. The fourth-order valence-corrected chi connectivity index (χ4v) is 3.89. The second kappa shape index (κ2) is 5.18. The summed E-state index contributed by atoms with van der Waals surface area (Å²) < 4.78 is 44.4. The first kappa shape index (κ1) is 15.2. The van der Waals surface area contributed by atoms with Gasteiger partial charge in [-0.3, -0.25) is 4.79 Å². The van der Waals surface area contributed by atoms with Crippen molar-refractivity contribution in [1.29, 1.82) is 0 Å². The summed E-state index contributed by atoms with van der Waals surface area (Å²) in [5.41, 5.74) is -0.0909. The second-order valence-electron chi connectivity index (χ2n) is 6.51. The van der Waals surface area contributed by atoms with Crippen LogP contribution in [0.3, 0.4) is 0 Å². The summed E-state index contributed by atoms with van der Waals surface area (Å²) in [7, 11) is 1.36. The molecular formula is C16H18F3NO2. The highest BCUT2D eigenvalue weighted by molar-refractivity contribution is 5.49. The molecule has 0 bridgehead atoms. The lowest BCUT2D eigenvalue weighted by Crippen LogP contribution is -2.61. The molecule has 1 aliphatic carbocycles. The number of carbonyl (C=O) groups excluding carboxylic acids is 1. The van der Waals surface area contributed by atoms with Crippen molar-refractivity contribution in [2.75, 3.05) is 20.2 Å². The maximum Gasteiger partial charge on any atom is 0.416 e. The number of hydrogen-bond acceptors (Lipinski definition) is 2. The highest BCUT2D eigenvalue weighted by atomic mass is 19.4. The van der Waals surface area contributed by atoms with Gasteiger partial charge in [0.15, 0.2) is 0 Å². The number of halogens is 3. The molecule has 2 aliphatic rings. The number of carbonyl (C=O) groups is 1. The van der Waals surface area contributed by atoms with Gasteiger partial charge < -0.3 is 9.64 Å². The van der Waals surface area contributed by atoms with Gasteiger partial charge in [0.25, 0.3) is 0 Å². The summed E-state index contributed by atoms with van der Waals surface area (Å²) in [5.74, 6) is 0.491. The van der Waals surface area contributed by atoms with Gasteiger partial charge in [0.2, 0.25) is 6.41 Å². The minimum absolute atomic E-state index is 0.177. The van der Waals surface area contributed by atoms with Crippen LogP contribution in [0, 0.1) is 11.3 Å². The van der Waals surface area contributed by atoms with Crippen LogP contribution in [0.5, 0.6) is 5.75 Å². The minimum atomic E-state index is -4.36. The average molecular weight is 313 g/mol. The topological polar surface area (TPSA) is 29.5 Å². The largest absolute Gasteiger partial charge is 0.497 e. The number of hydrogen-bond donors (Lipinski definition) is 0. The molecule has 1 saturated carbocycles. The molecule has 1 heterocycles. The number of benzene rings is 1. The third kappa shape index (κ3) is 2.66. The van der Waals surface area contributed by atoms with Gasteiger partial charge in [0, 0.05) is 18.5 Å². The molecule has 120 valence electrons. The van der Waals surface area contributed by atoms with E-state index in [-0.39, 0.29) is 17.1 Å². The van der Waals surface area contributed by atoms with Crippen LogP contribution in [0.1, 0.15) is 24.0 Å². The molecule has 0 radical (unpaired) electrons. The van der Waals surface area contributed by atoms with Gasteiger partial charge >= 0.3 is 6.18 Å². The fraction of sp³-hybridized carbons (Fsp3) is 0.562. The Morgan fingerprint density at radius 3 is 2.59 bits per heavy atom. The first-order chi connectivity index (χ1) is 10.3. The third-order valence-corrected chi connectivity index (χ3v) is 4.80. The van der Waals surface area contributed by atoms with Gasteiger partial charge in [0.1, 0.15) is 5.75 Å². The van der Waals surface area contributed by atoms with Crippen LogP contribution in [0.25, 0.3) is 0 Å². The maximum absolute atomic E-state index is 13.2. The standard InChI is InChI=1S/C16H18F3NO2/c1-22-13-3-2-12(14(5-13)16(17,18)19)4-11-6-15(7-11)8-20(9-15)10-21/h2-3,5,10-11H,4,6-9H2,1H3. The number of nitrogens with zero attached hydrogens (tertiary/aromatic N) is 1. The Labute approximate surface area is 127 Å². The number of methoxy groups -OCH3 is 1. The zero-order valence-electron chi connectivity index (χ0n) is 12.3. The van der Waals surface area contributed by atoms with Crippen molar-refractivity contribution >= 4 is 6.41 Å². The normalized spacial score (nSPS) is 20.5. The molecule has 1 spiro atoms. The Morgan fingerprint density at radius 1 is 1.36 bits per heavy atom. The van der Waals surface area contributed by atoms with Crippen LogP contribution < -0.4 is 4.74 Å². The summed E-state index contributed by atoms with van der Waals surface area (Å²) in [4.78, 5) is 12.3. The van der Waals surface area contributed by atoms with E-state index in [0.717, 1.165) is 38.4 Å². The van der Waals surface area contributed by atoms with Crippen molar-refractivity contribution in [3.05, 3.63) is 29.3 Å². The van der Waals surface area contributed by atoms with E-state index >= 15 is 0 Å². The van der Waals surface area contributed by atoms with Crippen molar-refractivity contribution in [3.8, 4) is 5.75 Å². The van der Waals surface area contributed by atoms with Gasteiger partial charge in [-0.1, -0.05) is 6.07 Å². The Hall–Kier alpha value is -1.72. The number of rotatable bonds is 4. The van der Waals surface area contributed by atoms with Crippen LogP contribution in [0.4, 0.5) is 13.2 Å². The molecule has 0 atom stereocenters. The van der Waals surface area contributed by atoms with Crippen LogP contribution in [-0.4, -0.2) is 31.5 Å². The van der Waals surface area contributed by atoms with Crippen molar-refractivity contribution in [1.82, 2.24) is 4.90 Å². The minimum Gasteiger partial charge on any atom is -0.497 e. The van der Waals surface area contributed by atoms with Crippen molar-refractivity contribution in [3.63, 3.8) is 0 Å². The third-order valence-electron chi connectivity index (χ3n) is 4.80. The van der Waals surface area contributed by atoms with Gasteiger partial charge in [-0.15, -0.1) is 0 Å². The molecule has 1 saturated heterocycles. The van der Waals surface area contributed by atoms with Crippen molar-refractivity contribution in [2.45, 2.75) is 25.4 Å². The molecule has 1 aliphatic heterocycles. The summed E-state index contributed by atoms with van der Waals surface area (Å²) >= 11 is 0. The molecule has 6 heteroatoms. The van der Waals surface area contributed by atoms with E-state index in [9.17, 15) is 18.0 Å². The fourth-order valence-electron chi connectivity index (χ4n) is 3.89. The molecule has 22 heavy (non-hydrogen) atoms. The number of ether oxygens (including phenoxy) is 1. The monoisotopic (exact) mass is 313 g/mol. The Bertz CT molecular complexity index is 571. The van der Waals surface area contributed by atoms with Gasteiger partial charge in [-0.05, 0) is 42.9 Å². The van der Waals surface area contributed by atoms with E-state index in [0.29, 0.717) is 12.0 Å². The lowest BCUT2D eigenvalue weighted by atomic mass is 9.56. The summed E-state index contributed by atoms with van der Waals surface area (Å²) in [5, 5.41) is 0. The summed E-state index contributed by atoms with van der Waals surface area (Å²) in [6, 6.07) is 4.17. The van der Waals surface area contributed by atoms with Gasteiger partial charge in [0.05, 0.1) is 12.7 Å². The predicted molar refractivity (Wildman–Crippen MR) is 74.5 cm³/mol. The number of amides is 1. The van der Waals surface area contributed by atoms with Gasteiger partial charge in [-0.25, -0.2) is 0 Å². The van der Waals surface area contributed by atoms with Crippen LogP contribution in [0.15, 0.2) is 18.2 Å². The Morgan fingerprint density at radius 2 is 2.05 bits per heavy atom. The lowest BCUT2D eigenvalue weighted by molar-refractivity contribution is -0.143. The zero-order chi connectivity index (χ0) is 16.0. The van der Waals surface area contributed by atoms with Crippen LogP contribution >= 0.6 is 0 Å². The molecule has 1 amide bonds. The zero-order valence-corrected chi connectivity index (χ0v) is 12.3. The second-order valence-corrected chi connectivity index (χ2v) is 6.51. The molecule has 0 N–H and O–H groups in total. The van der Waals surface area contributed by atoms with E-state index < -0.39 is 11.7 Å². The molecule has 3 nitrogen and oxygen atoms in total. The predicted octanol–water partition coefficient (Wildman–Crippen LogP) is 3.12. The Balaban J connectivity index is 1.68. The first-order valence-corrected chi connectivity index (χ1v) is 7.29. The maximum atomic E-state index is 13.2. The van der Waals surface area contributed by atoms with Crippen molar-refractivity contribution < 1.29 is 22.7 Å². The van der Waals surface area contributed by atoms with E-state index in [1.54, 1.807) is 11.0 Å².